The molecule has 1 aromatic rings. The largest absolute Gasteiger partial charge is 0.467 e. The van der Waals surface area contributed by atoms with E-state index in [1.165, 1.54) is 11.1 Å². The van der Waals surface area contributed by atoms with Gasteiger partial charge in [0.25, 0.3) is 0 Å². The standard InChI is InChI=1S/C21H33NO2/c1-17(2)9-7-10-18(3)12-13-21(5,6)16-22(19(4)23)15-20-11-8-14-24-20/h8-9,11-12,14H,7,10,13,15-16H2,1-6H3/b18-12+. The number of allylic oxidation sites excluding steroid dienone is 4. The fraction of sp³-hybridized carbons (Fsp3) is 0.571. The molecule has 0 aliphatic carbocycles. The zero-order chi connectivity index (χ0) is 18.2. The van der Waals surface area contributed by atoms with Crippen LogP contribution in [0, 0.1) is 5.41 Å². The highest BCUT2D eigenvalue weighted by atomic mass is 16.3. The van der Waals surface area contributed by atoms with Gasteiger partial charge in [-0.1, -0.05) is 37.1 Å². The molecule has 0 aliphatic rings. The molecule has 1 amide bonds. The maximum atomic E-state index is 12.0. The third kappa shape index (κ3) is 8.19. The number of nitrogens with zero attached hydrogens (tertiary/aromatic N) is 1. The number of amides is 1. The number of carbonyl (C=O) groups excluding carboxylic acids is 1. The third-order valence-electron chi connectivity index (χ3n) is 4.09. The lowest BCUT2D eigenvalue weighted by molar-refractivity contribution is -0.131. The van der Waals surface area contributed by atoms with E-state index >= 15 is 0 Å². The van der Waals surface area contributed by atoms with Gasteiger partial charge in [0.1, 0.15) is 5.76 Å². The molecule has 0 unspecified atom stereocenters. The highest BCUT2D eigenvalue weighted by Crippen LogP contribution is 2.25. The molecule has 0 bridgehead atoms. The summed E-state index contributed by atoms with van der Waals surface area (Å²) in [6.45, 7) is 13.8. The molecule has 134 valence electrons. The lowest BCUT2D eigenvalue weighted by Crippen LogP contribution is -2.36. The molecular formula is C21H33NO2. The van der Waals surface area contributed by atoms with Gasteiger partial charge in [-0.15, -0.1) is 0 Å². The predicted octanol–water partition coefficient (Wildman–Crippen LogP) is 5.74. The van der Waals surface area contributed by atoms with Crippen LogP contribution in [0.1, 0.15) is 66.6 Å². The van der Waals surface area contributed by atoms with Gasteiger partial charge < -0.3 is 9.32 Å². The first-order chi connectivity index (χ1) is 11.2. The molecule has 1 rings (SSSR count). The first-order valence-electron chi connectivity index (χ1n) is 8.76. The van der Waals surface area contributed by atoms with E-state index in [4.69, 9.17) is 4.42 Å². The highest BCUT2D eigenvalue weighted by molar-refractivity contribution is 5.73. The summed E-state index contributed by atoms with van der Waals surface area (Å²) in [6, 6.07) is 3.77. The minimum Gasteiger partial charge on any atom is -0.467 e. The Labute approximate surface area is 147 Å². The number of carbonyl (C=O) groups is 1. The number of furan rings is 1. The summed E-state index contributed by atoms with van der Waals surface area (Å²) in [6.07, 6.45) is 9.42. The third-order valence-corrected chi connectivity index (χ3v) is 4.09. The van der Waals surface area contributed by atoms with E-state index in [0.29, 0.717) is 6.54 Å². The Morgan fingerprint density at radius 1 is 1.21 bits per heavy atom. The lowest BCUT2D eigenvalue weighted by Gasteiger charge is -2.31. The Kier molecular flexibility index (Phi) is 8.03. The molecule has 3 nitrogen and oxygen atoms in total. The normalized spacial score (nSPS) is 12.2. The van der Waals surface area contributed by atoms with Crippen LogP contribution >= 0.6 is 0 Å². The summed E-state index contributed by atoms with van der Waals surface area (Å²) in [5, 5.41) is 0. The number of rotatable bonds is 9. The van der Waals surface area contributed by atoms with Gasteiger partial charge in [0, 0.05) is 13.5 Å². The zero-order valence-corrected chi connectivity index (χ0v) is 16.2. The Bertz CT molecular complexity index is 561. The van der Waals surface area contributed by atoms with Crippen LogP contribution < -0.4 is 0 Å². The van der Waals surface area contributed by atoms with Crippen molar-refractivity contribution in [2.75, 3.05) is 6.54 Å². The van der Waals surface area contributed by atoms with Crippen LogP contribution in [0.5, 0.6) is 0 Å². The first kappa shape index (κ1) is 20.3. The van der Waals surface area contributed by atoms with Crippen LogP contribution in [-0.2, 0) is 11.3 Å². The van der Waals surface area contributed by atoms with E-state index in [2.05, 4.69) is 46.8 Å². The highest BCUT2D eigenvalue weighted by Gasteiger charge is 2.23. The lowest BCUT2D eigenvalue weighted by atomic mass is 9.87. The Morgan fingerprint density at radius 2 is 1.92 bits per heavy atom. The van der Waals surface area contributed by atoms with Crippen LogP contribution in [-0.4, -0.2) is 17.4 Å². The molecule has 0 saturated heterocycles. The van der Waals surface area contributed by atoms with Crippen molar-refractivity contribution in [1.82, 2.24) is 4.90 Å². The van der Waals surface area contributed by atoms with Gasteiger partial charge in [-0.05, 0) is 57.6 Å². The number of hydrogen-bond donors (Lipinski definition) is 0. The monoisotopic (exact) mass is 331 g/mol. The summed E-state index contributed by atoms with van der Waals surface area (Å²) >= 11 is 0. The van der Waals surface area contributed by atoms with Gasteiger partial charge in [-0.25, -0.2) is 0 Å². The molecule has 0 spiro atoms. The van der Waals surface area contributed by atoms with Crippen molar-refractivity contribution < 1.29 is 9.21 Å². The van der Waals surface area contributed by atoms with E-state index < -0.39 is 0 Å². The van der Waals surface area contributed by atoms with Crippen molar-refractivity contribution in [2.45, 2.75) is 67.3 Å². The van der Waals surface area contributed by atoms with Gasteiger partial charge in [0.05, 0.1) is 12.8 Å². The topological polar surface area (TPSA) is 33.5 Å². The number of hydrogen-bond acceptors (Lipinski definition) is 2. The molecule has 24 heavy (non-hydrogen) atoms. The second kappa shape index (κ2) is 9.51. The smallest absolute Gasteiger partial charge is 0.219 e. The van der Waals surface area contributed by atoms with Crippen molar-refractivity contribution in [3.05, 3.63) is 47.5 Å². The molecule has 0 aromatic carbocycles. The SMILES string of the molecule is CC(=O)N(Cc1ccco1)CC(C)(C)C/C=C(\C)CCC=C(C)C. The molecule has 0 saturated carbocycles. The maximum absolute atomic E-state index is 12.0. The molecule has 0 N–H and O–H groups in total. The van der Waals surface area contributed by atoms with Crippen molar-refractivity contribution in [3.8, 4) is 0 Å². The molecule has 1 aromatic heterocycles. The summed E-state index contributed by atoms with van der Waals surface area (Å²) in [4.78, 5) is 13.8. The average molecular weight is 332 g/mol. The Balaban J connectivity index is 2.58. The van der Waals surface area contributed by atoms with Gasteiger partial charge in [-0.2, -0.15) is 0 Å². The van der Waals surface area contributed by atoms with E-state index in [1.54, 1.807) is 13.2 Å². The van der Waals surface area contributed by atoms with Crippen molar-refractivity contribution in [1.29, 1.82) is 0 Å². The second-order valence-corrected chi connectivity index (χ2v) is 7.69. The Morgan fingerprint density at radius 3 is 2.46 bits per heavy atom. The predicted molar refractivity (Wildman–Crippen MR) is 101 cm³/mol. The summed E-state index contributed by atoms with van der Waals surface area (Å²) < 4.78 is 5.38. The van der Waals surface area contributed by atoms with Crippen LogP contribution in [0.4, 0.5) is 0 Å². The van der Waals surface area contributed by atoms with E-state index in [0.717, 1.165) is 31.6 Å². The van der Waals surface area contributed by atoms with Crippen molar-refractivity contribution in [3.63, 3.8) is 0 Å². The Hall–Kier alpha value is -1.77. The van der Waals surface area contributed by atoms with Gasteiger partial charge in [0.2, 0.25) is 5.91 Å². The first-order valence-corrected chi connectivity index (χ1v) is 8.76. The summed E-state index contributed by atoms with van der Waals surface area (Å²) in [5.41, 5.74) is 2.83. The second-order valence-electron chi connectivity index (χ2n) is 7.69. The van der Waals surface area contributed by atoms with Gasteiger partial charge in [-0.3, -0.25) is 4.79 Å². The van der Waals surface area contributed by atoms with Crippen LogP contribution in [0.25, 0.3) is 0 Å². The van der Waals surface area contributed by atoms with E-state index in [1.807, 2.05) is 17.0 Å². The minimum atomic E-state index is 0.0377. The molecule has 3 heteroatoms. The fourth-order valence-corrected chi connectivity index (χ4v) is 2.59. The molecule has 0 aliphatic heterocycles. The molecule has 0 radical (unpaired) electrons. The summed E-state index contributed by atoms with van der Waals surface area (Å²) in [7, 11) is 0. The van der Waals surface area contributed by atoms with Crippen molar-refractivity contribution in [2.24, 2.45) is 5.41 Å². The average Bonchev–Trinajstić information content (AvgIpc) is 2.97. The zero-order valence-electron chi connectivity index (χ0n) is 16.2. The molecule has 0 atom stereocenters. The van der Waals surface area contributed by atoms with Gasteiger partial charge in [0.15, 0.2) is 0 Å². The minimum absolute atomic E-state index is 0.0377. The van der Waals surface area contributed by atoms with E-state index in [-0.39, 0.29) is 11.3 Å². The van der Waals surface area contributed by atoms with Crippen LogP contribution in [0.15, 0.2) is 46.1 Å². The molecule has 1 heterocycles. The molecular weight excluding hydrogens is 298 g/mol. The van der Waals surface area contributed by atoms with Crippen molar-refractivity contribution >= 4 is 5.91 Å². The molecule has 0 fully saturated rings. The van der Waals surface area contributed by atoms with Gasteiger partial charge >= 0.3 is 0 Å². The van der Waals surface area contributed by atoms with E-state index in [9.17, 15) is 4.79 Å². The quantitative estimate of drug-likeness (QED) is 0.541. The fourth-order valence-electron chi connectivity index (χ4n) is 2.59. The summed E-state index contributed by atoms with van der Waals surface area (Å²) in [5.74, 6) is 0.915. The van der Waals surface area contributed by atoms with Crippen LogP contribution in [0.3, 0.4) is 0 Å². The van der Waals surface area contributed by atoms with Crippen LogP contribution in [0.2, 0.25) is 0 Å². The maximum Gasteiger partial charge on any atom is 0.219 e.